The summed E-state index contributed by atoms with van der Waals surface area (Å²) in [6.07, 6.45) is 2.91. The third kappa shape index (κ3) is 2.38. The fraction of sp³-hybridized carbons (Fsp3) is 0. The zero-order valence-electron chi connectivity index (χ0n) is 7.27. The zero-order valence-corrected chi connectivity index (χ0v) is 8.16. The minimum atomic E-state index is -0.286. The van der Waals surface area contributed by atoms with E-state index in [4.69, 9.17) is 5.26 Å². The number of carbonyl (C=O) groups excluding carboxylic acids is 1. The van der Waals surface area contributed by atoms with Gasteiger partial charge in [0.15, 0.2) is 0 Å². The van der Waals surface area contributed by atoms with Crippen LogP contribution in [0.25, 0.3) is 6.08 Å². The van der Waals surface area contributed by atoms with Gasteiger partial charge in [0.2, 0.25) is 0 Å². The Hall–Kier alpha value is -1.73. The van der Waals surface area contributed by atoms with Crippen LogP contribution in [0.1, 0.15) is 15.9 Å². The lowest BCUT2D eigenvalue weighted by Gasteiger charge is -2.02. The van der Waals surface area contributed by atoms with Crippen molar-refractivity contribution in [1.29, 1.82) is 5.26 Å². The first-order valence-corrected chi connectivity index (χ1v) is 4.34. The van der Waals surface area contributed by atoms with E-state index in [1.165, 1.54) is 6.08 Å². The number of allylic oxidation sites excluding steroid dienone is 1. The van der Waals surface area contributed by atoms with Crippen molar-refractivity contribution in [2.45, 2.75) is 0 Å². The summed E-state index contributed by atoms with van der Waals surface area (Å²) in [5.74, 6) is -0.286. The first kappa shape index (κ1) is 10.4. The minimum absolute atomic E-state index is 0.286. The summed E-state index contributed by atoms with van der Waals surface area (Å²) in [7, 11) is 0. The summed E-state index contributed by atoms with van der Waals surface area (Å²) in [4.78, 5) is 11.3. The average Bonchev–Trinajstić information content (AvgIpc) is 2.25. The van der Waals surface area contributed by atoms with Gasteiger partial charge in [-0.05, 0) is 17.7 Å². The molecule has 1 aromatic carbocycles. The van der Waals surface area contributed by atoms with E-state index in [1.54, 1.807) is 30.3 Å². The molecule has 0 aliphatic heterocycles. The van der Waals surface area contributed by atoms with Crippen LogP contribution >= 0.6 is 12.8 Å². The number of nitriles is 1. The number of nitrogens with one attached hydrogen (secondary N) is 1. The van der Waals surface area contributed by atoms with Gasteiger partial charge in [-0.25, -0.2) is 0 Å². The van der Waals surface area contributed by atoms with Crippen LogP contribution < -0.4 is 4.72 Å². The van der Waals surface area contributed by atoms with Crippen LogP contribution in [-0.4, -0.2) is 5.91 Å². The van der Waals surface area contributed by atoms with E-state index in [2.05, 4.69) is 17.5 Å². The monoisotopic (exact) mass is 204 g/mol. The molecule has 1 amide bonds. The van der Waals surface area contributed by atoms with Crippen molar-refractivity contribution in [3.05, 3.63) is 41.5 Å². The number of hydrogen-bond donors (Lipinski definition) is 2. The van der Waals surface area contributed by atoms with E-state index >= 15 is 0 Å². The van der Waals surface area contributed by atoms with Gasteiger partial charge in [0.1, 0.15) is 0 Å². The lowest BCUT2D eigenvalue weighted by Crippen LogP contribution is -2.13. The highest BCUT2D eigenvalue weighted by Crippen LogP contribution is 2.10. The number of rotatable bonds is 2. The molecule has 1 rings (SSSR count). The van der Waals surface area contributed by atoms with E-state index in [0.29, 0.717) is 11.1 Å². The Labute approximate surface area is 87.6 Å². The molecule has 0 aliphatic carbocycles. The second-order valence-corrected chi connectivity index (χ2v) is 2.71. The predicted molar refractivity (Wildman–Crippen MR) is 57.5 cm³/mol. The fourth-order valence-electron chi connectivity index (χ4n) is 1.04. The molecular weight excluding hydrogens is 196 g/mol. The molecule has 0 saturated carbocycles. The van der Waals surface area contributed by atoms with Gasteiger partial charge in [-0.15, -0.1) is 0 Å². The SMILES string of the molecule is N#C/C=C/c1ccccc1C(=O)NS. The smallest absolute Gasteiger partial charge is 0.261 e. The van der Waals surface area contributed by atoms with Gasteiger partial charge in [0, 0.05) is 11.6 Å². The van der Waals surface area contributed by atoms with Gasteiger partial charge in [0.25, 0.3) is 5.91 Å². The molecule has 3 nitrogen and oxygen atoms in total. The van der Waals surface area contributed by atoms with Crippen molar-refractivity contribution < 1.29 is 4.79 Å². The molecule has 14 heavy (non-hydrogen) atoms. The Kier molecular flexibility index (Phi) is 3.77. The van der Waals surface area contributed by atoms with Gasteiger partial charge in [-0.3, -0.25) is 9.52 Å². The standard InChI is InChI=1S/C10H8N2OS/c11-7-3-5-8-4-1-2-6-9(8)10(13)12-14/h1-6,14H,(H,12,13)/b5-3+. The Morgan fingerprint density at radius 1 is 1.50 bits per heavy atom. The molecule has 0 spiro atoms. The fourth-order valence-corrected chi connectivity index (χ4v) is 1.16. The number of carbonyl (C=O) groups is 1. The molecule has 0 unspecified atom stereocenters. The van der Waals surface area contributed by atoms with Crippen molar-refractivity contribution >= 4 is 24.8 Å². The molecule has 70 valence electrons. The number of benzene rings is 1. The van der Waals surface area contributed by atoms with Gasteiger partial charge in [0.05, 0.1) is 6.07 Å². The lowest BCUT2D eigenvalue weighted by molar-refractivity contribution is 0.0985. The molecule has 0 radical (unpaired) electrons. The van der Waals surface area contributed by atoms with E-state index in [0.717, 1.165) is 0 Å². The van der Waals surface area contributed by atoms with Crippen LogP contribution in [0.15, 0.2) is 30.3 Å². The topological polar surface area (TPSA) is 52.9 Å². The summed E-state index contributed by atoms with van der Waals surface area (Å²) >= 11 is 3.68. The second-order valence-electron chi connectivity index (χ2n) is 2.49. The minimum Gasteiger partial charge on any atom is -0.299 e. The maximum Gasteiger partial charge on any atom is 0.261 e. The zero-order chi connectivity index (χ0) is 10.4. The van der Waals surface area contributed by atoms with Crippen molar-refractivity contribution in [1.82, 2.24) is 4.72 Å². The quantitative estimate of drug-likeness (QED) is 0.570. The molecule has 1 aromatic rings. The van der Waals surface area contributed by atoms with Crippen molar-refractivity contribution in [3.8, 4) is 6.07 Å². The summed E-state index contributed by atoms with van der Waals surface area (Å²) in [6, 6.07) is 8.84. The highest BCUT2D eigenvalue weighted by Gasteiger charge is 2.06. The van der Waals surface area contributed by atoms with E-state index in [1.807, 2.05) is 6.07 Å². The molecule has 0 saturated heterocycles. The van der Waals surface area contributed by atoms with Crippen molar-refractivity contribution in [2.24, 2.45) is 0 Å². The van der Waals surface area contributed by atoms with Gasteiger partial charge >= 0.3 is 0 Å². The highest BCUT2D eigenvalue weighted by molar-refractivity contribution is 7.78. The highest BCUT2D eigenvalue weighted by atomic mass is 32.1. The van der Waals surface area contributed by atoms with Gasteiger partial charge in [-0.2, -0.15) is 5.26 Å². The van der Waals surface area contributed by atoms with Crippen LogP contribution in [0.2, 0.25) is 0 Å². The average molecular weight is 204 g/mol. The van der Waals surface area contributed by atoms with Crippen LogP contribution in [0.5, 0.6) is 0 Å². The maximum atomic E-state index is 11.3. The van der Waals surface area contributed by atoms with Crippen LogP contribution in [0.4, 0.5) is 0 Å². The summed E-state index contributed by atoms with van der Waals surface area (Å²) in [5.41, 5.74) is 1.19. The molecule has 0 heterocycles. The van der Waals surface area contributed by atoms with Crippen molar-refractivity contribution in [3.63, 3.8) is 0 Å². The van der Waals surface area contributed by atoms with E-state index in [9.17, 15) is 4.79 Å². The molecule has 0 aromatic heterocycles. The van der Waals surface area contributed by atoms with Gasteiger partial charge in [-0.1, -0.05) is 31.0 Å². The first-order chi connectivity index (χ1) is 6.79. The number of hydrogen-bond acceptors (Lipinski definition) is 3. The molecule has 0 aliphatic rings. The summed E-state index contributed by atoms with van der Waals surface area (Å²) in [6.45, 7) is 0. The van der Waals surface area contributed by atoms with Crippen molar-refractivity contribution in [2.75, 3.05) is 0 Å². The molecule has 0 bridgehead atoms. The predicted octanol–water partition coefficient (Wildman–Crippen LogP) is 1.80. The Balaban J connectivity index is 3.10. The Morgan fingerprint density at radius 2 is 2.21 bits per heavy atom. The largest absolute Gasteiger partial charge is 0.299 e. The Morgan fingerprint density at radius 3 is 2.86 bits per heavy atom. The Bertz CT molecular complexity index is 407. The van der Waals surface area contributed by atoms with Crippen LogP contribution in [0.3, 0.4) is 0 Å². The second kappa shape index (κ2) is 5.10. The third-order valence-electron chi connectivity index (χ3n) is 1.64. The first-order valence-electron chi connectivity index (χ1n) is 3.89. The normalized spacial score (nSPS) is 9.71. The van der Waals surface area contributed by atoms with E-state index < -0.39 is 0 Å². The molecule has 4 heteroatoms. The maximum absolute atomic E-state index is 11.3. The molecule has 0 atom stereocenters. The molecule has 1 N–H and O–H groups in total. The number of thiol groups is 1. The van der Waals surface area contributed by atoms with Gasteiger partial charge < -0.3 is 0 Å². The third-order valence-corrected chi connectivity index (χ3v) is 1.85. The number of nitrogens with zero attached hydrogens (tertiary/aromatic N) is 1. The molecule has 0 fully saturated rings. The van der Waals surface area contributed by atoms with E-state index in [-0.39, 0.29) is 5.91 Å². The summed E-state index contributed by atoms with van der Waals surface area (Å²) in [5, 5.41) is 8.36. The van der Waals surface area contributed by atoms with Crippen LogP contribution in [0, 0.1) is 11.3 Å². The van der Waals surface area contributed by atoms with Crippen LogP contribution in [-0.2, 0) is 0 Å². The number of amides is 1. The lowest BCUT2D eigenvalue weighted by atomic mass is 10.1. The summed E-state index contributed by atoms with van der Waals surface area (Å²) < 4.78 is 2.24. The molecular formula is C10H8N2OS.